The molecule has 4 nitrogen and oxygen atoms in total. The van der Waals surface area contributed by atoms with Crippen molar-refractivity contribution in [3.05, 3.63) is 107 Å². The zero-order valence-corrected chi connectivity index (χ0v) is 20.2. The van der Waals surface area contributed by atoms with E-state index in [1.54, 1.807) is 16.7 Å². The third-order valence-corrected chi connectivity index (χ3v) is 6.38. The molecule has 0 heterocycles. The molecule has 0 bridgehead atoms. The highest BCUT2D eigenvalue weighted by Crippen LogP contribution is 2.19. The number of hydrogen-bond donors (Lipinski definition) is 1. The molecule has 0 aliphatic heterocycles. The summed E-state index contributed by atoms with van der Waals surface area (Å²) < 4.78 is 0. The van der Waals surface area contributed by atoms with Gasteiger partial charge in [0, 0.05) is 25.3 Å². The Hall–Kier alpha value is -3.05. The van der Waals surface area contributed by atoms with Crippen LogP contribution in [0, 0.1) is 6.92 Å². The van der Waals surface area contributed by atoms with Crippen LogP contribution in [0.3, 0.4) is 0 Å². The molecular formula is C28H32N2O2S. The van der Waals surface area contributed by atoms with Crippen LogP contribution in [-0.2, 0) is 28.3 Å². The molecule has 2 amide bonds. The first kappa shape index (κ1) is 24.6. The van der Waals surface area contributed by atoms with Gasteiger partial charge in [-0.3, -0.25) is 9.59 Å². The van der Waals surface area contributed by atoms with E-state index in [0.717, 1.165) is 22.4 Å². The second kappa shape index (κ2) is 12.9. The van der Waals surface area contributed by atoms with E-state index in [1.807, 2.05) is 80.6 Å². The molecule has 0 aliphatic carbocycles. The Bertz CT molecular complexity index is 1020. The summed E-state index contributed by atoms with van der Waals surface area (Å²) in [5.74, 6) is 0.945. The van der Waals surface area contributed by atoms with E-state index in [0.29, 0.717) is 25.3 Å². The smallest absolute Gasteiger partial charge is 0.243 e. The summed E-state index contributed by atoms with van der Waals surface area (Å²) in [6, 6.07) is 27.6. The van der Waals surface area contributed by atoms with E-state index in [-0.39, 0.29) is 11.8 Å². The van der Waals surface area contributed by atoms with Crippen LogP contribution < -0.4 is 5.32 Å². The first-order valence-corrected chi connectivity index (χ1v) is 12.5. The van der Waals surface area contributed by atoms with E-state index in [4.69, 9.17) is 0 Å². The number of carbonyl (C=O) groups is 2. The quantitative estimate of drug-likeness (QED) is 0.438. The van der Waals surface area contributed by atoms with Crippen LogP contribution in [0.25, 0.3) is 0 Å². The SMILES string of the molecule is CCNC(=O)C(Cc1ccccc1)N(Cc1cccc(C)c1)C(=O)CSCc1ccccc1. The molecule has 0 aromatic heterocycles. The normalized spacial score (nSPS) is 11.6. The fourth-order valence-corrected chi connectivity index (χ4v) is 4.64. The van der Waals surface area contributed by atoms with E-state index < -0.39 is 6.04 Å². The Morgan fingerprint density at radius 3 is 2.15 bits per heavy atom. The van der Waals surface area contributed by atoms with Crippen LogP contribution in [-0.4, -0.2) is 35.1 Å². The fraction of sp³-hybridized carbons (Fsp3) is 0.286. The summed E-state index contributed by atoms with van der Waals surface area (Å²) in [5.41, 5.74) is 4.38. The minimum atomic E-state index is -0.572. The van der Waals surface area contributed by atoms with Crippen molar-refractivity contribution in [3.8, 4) is 0 Å². The van der Waals surface area contributed by atoms with Crippen molar-refractivity contribution in [1.82, 2.24) is 10.2 Å². The summed E-state index contributed by atoms with van der Waals surface area (Å²) in [6.45, 7) is 4.87. The van der Waals surface area contributed by atoms with E-state index >= 15 is 0 Å². The van der Waals surface area contributed by atoms with Gasteiger partial charge < -0.3 is 10.2 Å². The third kappa shape index (κ3) is 7.79. The molecule has 0 saturated carbocycles. The highest BCUT2D eigenvalue weighted by atomic mass is 32.2. The summed E-state index contributed by atoms with van der Waals surface area (Å²) in [7, 11) is 0. The predicted octanol–water partition coefficient (Wildman–Crippen LogP) is 5.00. The maximum Gasteiger partial charge on any atom is 0.243 e. The Morgan fingerprint density at radius 2 is 1.52 bits per heavy atom. The molecule has 3 rings (SSSR count). The lowest BCUT2D eigenvalue weighted by Crippen LogP contribution is -2.51. The monoisotopic (exact) mass is 460 g/mol. The number of hydrogen-bond acceptors (Lipinski definition) is 3. The van der Waals surface area contributed by atoms with Crippen molar-refractivity contribution in [2.24, 2.45) is 0 Å². The number of likely N-dealkylation sites (N-methyl/N-ethyl adjacent to an activating group) is 1. The molecule has 3 aromatic carbocycles. The average Bonchev–Trinajstić information content (AvgIpc) is 2.83. The van der Waals surface area contributed by atoms with Gasteiger partial charge >= 0.3 is 0 Å². The van der Waals surface area contributed by atoms with Crippen molar-refractivity contribution in [1.29, 1.82) is 0 Å². The first-order chi connectivity index (χ1) is 16.1. The standard InChI is InChI=1S/C28H32N2O2S/c1-3-29-28(32)26(18-23-12-6-4-7-13-23)30(19-25-16-10-11-22(2)17-25)27(31)21-33-20-24-14-8-5-9-15-24/h4-17,26H,3,18-21H2,1-2H3,(H,29,32). The predicted molar refractivity (Wildman–Crippen MR) is 137 cm³/mol. The molecule has 1 N–H and O–H groups in total. The highest BCUT2D eigenvalue weighted by molar-refractivity contribution is 7.99. The fourth-order valence-electron chi connectivity index (χ4n) is 3.77. The van der Waals surface area contributed by atoms with Crippen LogP contribution >= 0.6 is 11.8 Å². The van der Waals surface area contributed by atoms with Crippen LogP contribution in [0.1, 0.15) is 29.2 Å². The molecule has 0 radical (unpaired) electrons. The van der Waals surface area contributed by atoms with E-state index in [9.17, 15) is 9.59 Å². The van der Waals surface area contributed by atoms with Crippen LogP contribution in [0.5, 0.6) is 0 Å². The molecule has 172 valence electrons. The largest absolute Gasteiger partial charge is 0.355 e. The molecule has 1 unspecified atom stereocenters. The molecule has 33 heavy (non-hydrogen) atoms. The number of nitrogens with zero attached hydrogens (tertiary/aromatic N) is 1. The number of benzene rings is 3. The zero-order valence-electron chi connectivity index (χ0n) is 19.4. The van der Waals surface area contributed by atoms with Gasteiger partial charge in [-0.2, -0.15) is 0 Å². The molecule has 3 aromatic rings. The molecule has 5 heteroatoms. The maximum atomic E-state index is 13.5. The lowest BCUT2D eigenvalue weighted by atomic mass is 10.0. The molecule has 0 saturated heterocycles. The van der Waals surface area contributed by atoms with Crippen molar-refractivity contribution >= 4 is 23.6 Å². The van der Waals surface area contributed by atoms with Gasteiger partial charge in [0.15, 0.2) is 0 Å². The Kier molecular flexibility index (Phi) is 9.58. The third-order valence-electron chi connectivity index (χ3n) is 5.39. The number of rotatable bonds is 11. The Morgan fingerprint density at radius 1 is 0.879 bits per heavy atom. The lowest BCUT2D eigenvalue weighted by Gasteiger charge is -2.31. The summed E-state index contributed by atoms with van der Waals surface area (Å²) in [4.78, 5) is 28.4. The average molecular weight is 461 g/mol. The number of aryl methyl sites for hydroxylation is 1. The van der Waals surface area contributed by atoms with Crippen LogP contribution in [0.15, 0.2) is 84.9 Å². The van der Waals surface area contributed by atoms with Crippen LogP contribution in [0.2, 0.25) is 0 Å². The second-order valence-corrected chi connectivity index (χ2v) is 9.07. The first-order valence-electron chi connectivity index (χ1n) is 11.3. The number of amides is 2. The van der Waals surface area contributed by atoms with Gasteiger partial charge in [0.1, 0.15) is 6.04 Å². The van der Waals surface area contributed by atoms with Gasteiger partial charge in [-0.05, 0) is 30.5 Å². The lowest BCUT2D eigenvalue weighted by molar-refractivity contribution is -0.139. The molecule has 0 aliphatic rings. The molecular weight excluding hydrogens is 428 g/mol. The van der Waals surface area contributed by atoms with Crippen LogP contribution in [0.4, 0.5) is 0 Å². The van der Waals surface area contributed by atoms with Gasteiger partial charge in [-0.1, -0.05) is 90.5 Å². The number of carbonyl (C=O) groups excluding carboxylic acids is 2. The Labute approximate surface area is 201 Å². The maximum absolute atomic E-state index is 13.5. The highest BCUT2D eigenvalue weighted by Gasteiger charge is 2.30. The second-order valence-electron chi connectivity index (χ2n) is 8.09. The van der Waals surface area contributed by atoms with Gasteiger partial charge in [-0.15, -0.1) is 11.8 Å². The number of thioether (sulfide) groups is 1. The van der Waals surface area contributed by atoms with Gasteiger partial charge in [-0.25, -0.2) is 0 Å². The van der Waals surface area contributed by atoms with Gasteiger partial charge in [0.05, 0.1) is 5.75 Å². The van der Waals surface area contributed by atoms with Crippen molar-refractivity contribution in [3.63, 3.8) is 0 Å². The topological polar surface area (TPSA) is 49.4 Å². The molecule has 0 spiro atoms. The minimum Gasteiger partial charge on any atom is -0.355 e. The Balaban J connectivity index is 1.82. The summed E-state index contributed by atoms with van der Waals surface area (Å²) in [6.07, 6.45) is 0.480. The molecule has 1 atom stereocenters. The summed E-state index contributed by atoms with van der Waals surface area (Å²) >= 11 is 1.58. The van der Waals surface area contributed by atoms with E-state index in [2.05, 4.69) is 23.5 Å². The van der Waals surface area contributed by atoms with Crippen molar-refractivity contribution < 1.29 is 9.59 Å². The number of nitrogens with one attached hydrogen (secondary N) is 1. The zero-order chi connectivity index (χ0) is 23.5. The van der Waals surface area contributed by atoms with E-state index in [1.165, 1.54) is 5.56 Å². The molecule has 0 fully saturated rings. The summed E-state index contributed by atoms with van der Waals surface area (Å²) in [5, 5.41) is 2.94. The minimum absolute atomic E-state index is 0.0235. The van der Waals surface area contributed by atoms with Crippen molar-refractivity contribution in [2.75, 3.05) is 12.3 Å². The van der Waals surface area contributed by atoms with Gasteiger partial charge in [0.2, 0.25) is 11.8 Å². The van der Waals surface area contributed by atoms with Gasteiger partial charge in [0.25, 0.3) is 0 Å². The van der Waals surface area contributed by atoms with Crippen molar-refractivity contribution in [2.45, 2.75) is 38.6 Å².